The summed E-state index contributed by atoms with van der Waals surface area (Å²) in [5.41, 5.74) is 2.48. The predicted molar refractivity (Wildman–Crippen MR) is 77.3 cm³/mol. The van der Waals surface area contributed by atoms with E-state index in [-0.39, 0.29) is 5.56 Å². The molecule has 0 N–H and O–H groups in total. The average molecular weight is 255 g/mol. The van der Waals surface area contributed by atoms with Crippen molar-refractivity contribution in [3.05, 3.63) is 40.9 Å². The van der Waals surface area contributed by atoms with Gasteiger partial charge >= 0.3 is 0 Å². The number of hydrogen-bond donors (Lipinski definition) is 0. The molecule has 2 aromatic heterocycles. The Labute approximate surface area is 111 Å². The summed E-state index contributed by atoms with van der Waals surface area (Å²) < 4.78 is 3.67. The SMILES string of the molecule is CC(C)Cn1c(=O)c2c(ncn2C)c2ccccc21. The molecule has 0 aliphatic heterocycles. The minimum absolute atomic E-state index is 0.0439. The number of imidazole rings is 1. The van der Waals surface area contributed by atoms with Crippen molar-refractivity contribution >= 4 is 21.9 Å². The smallest absolute Gasteiger partial charge is 0.277 e. The minimum atomic E-state index is 0.0439. The van der Waals surface area contributed by atoms with Crippen LogP contribution >= 0.6 is 0 Å². The van der Waals surface area contributed by atoms with Crippen molar-refractivity contribution in [2.24, 2.45) is 13.0 Å². The number of para-hydroxylation sites is 1. The number of fused-ring (bicyclic) bond motifs is 3. The highest BCUT2D eigenvalue weighted by molar-refractivity contribution is 6.02. The monoisotopic (exact) mass is 255 g/mol. The van der Waals surface area contributed by atoms with Gasteiger partial charge in [0, 0.05) is 19.0 Å². The highest BCUT2D eigenvalue weighted by atomic mass is 16.1. The lowest BCUT2D eigenvalue weighted by Crippen LogP contribution is -2.24. The molecule has 1 aromatic carbocycles. The molecule has 0 saturated carbocycles. The first-order valence-electron chi connectivity index (χ1n) is 6.52. The zero-order valence-corrected chi connectivity index (χ0v) is 11.4. The first-order valence-corrected chi connectivity index (χ1v) is 6.52. The molecule has 2 heterocycles. The van der Waals surface area contributed by atoms with E-state index >= 15 is 0 Å². The van der Waals surface area contributed by atoms with Gasteiger partial charge in [0.15, 0.2) is 0 Å². The molecule has 0 bridgehead atoms. The molecule has 0 amide bonds. The largest absolute Gasteiger partial charge is 0.329 e. The molecular formula is C15H17N3O. The van der Waals surface area contributed by atoms with Crippen LogP contribution in [0, 0.1) is 5.92 Å². The number of pyridine rings is 1. The van der Waals surface area contributed by atoms with Gasteiger partial charge in [-0.3, -0.25) is 4.79 Å². The van der Waals surface area contributed by atoms with Crippen LogP contribution in [0.25, 0.3) is 21.9 Å². The minimum Gasteiger partial charge on any atom is -0.329 e. The molecule has 3 aromatic rings. The third-order valence-corrected chi connectivity index (χ3v) is 3.38. The van der Waals surface area contributed by atoms with Gasteiger partial charge in [-0.05, 0) is 12.0 Å². The molecule has 4 nitrogen and oxygen atoms in total. The maximum Gasteiger partial charge on any atom is 0.277 e. The first kappa shape index (κ1) is 12.0. The first-order chi connectivity index (χ1) is 9.09. The summed E-state index contributed by atoms with van der Waals surface area (Å²) in [5, 5.41) is 1.04. The van der Waals surface area contributed by atoms with Crippen molar-refractivity contribution in [2.45, 2.75) is 20.4 Å². The summed E-state index contributed by atoms with van der Waals surface area (Å²) in [4.78, 5) is 17.0. The maximum absolute atomic E-state index is 12.7. The van der Waals surface area contributed by atoms with Crippen molar-refractivity contribution < 1.29 is 0 Å². The van der Waals surface area contributed by atoms with Crippen LogP contribution in [0.15, 0.2) is 35.4 Å². The van der Waals surface area contributed by atoms with E-state index in [4.69, 9.17) is 0 Å². The average Bonchev–Trinajstić information content (AvgIpc) is 2.77. The van der Waals surface area contributed by atoms with Crippen LogP contribution in [0.4, 0.5) is 0 Å². The zero-order chi connectivity index (χ0) is 13.6. The van der Waals surface area contributed by atoms with Gasteiger partial charge in [0.2, 0.25) is 0 Å². The second-order valence-electron chi connectivity index (χ2n) is 5.38. The number of rotatable bonds is 2. The van der Waals surface area contributed by atoms with Gasteiger partial charge < -0.3 is 9.13 Å². The Hall–Kier alpha value is -2.10. The van der Waals surface area contributed by atoms with Crippen LogP contribution < -0.4 is 5.56 Å². The lowest BCUT2D eigenvalue weighted by atomic mass is 10.1. The van der Waals surface area contributed by atoms with E-state index in [0.29, 0.717) is 11.4 Å². The number of nitrogens with zero attached hydrogens (tertiary/aromatic N) is 3. The lowest BCUT2D eigenvalue weighted by Gasteiger charge is -2.13. The lowest BCUT2D eigenvalue weighted by molar-refractivity contribution is 0.525. The normalized spacial score (nSPS) is 11.8. The van der Waals surface area contributed by atoms with Gasteiger partial charge in [-0.2, -0.15) is 0 Å². The van der Waals surface area contributed by atoms with Crippen LogP contribution in [0.3, 0.4) is 0 Å². The van der Waals surface area contributed by atoms with E-state index < -0.39 is 0 Å². The number of aryl methyl sites for hydroxylation is 1. The Bertz CT molecular complexity index is 811. The van der Waals surface area contributed by atoms with Crippen molar-refractivity contribution in [1.82, 2.24) is 14.1 Å². The summed E-state index contributed by atoms with van der Waals surface area (Å²) in [6.45, 7) is 4.96. The quantitative estimate of drug-likeness (QED) is 0.706. The summed E-state index contributed by atoms with van der Waals surface area (Å²) in [6, 6.07) is 7.97. The number of benzene rings is 1. The van der Waals surface area contributed by atoms with Crippen LogP contribution in [0.2, 0.25) is 0 Å². The molecule has 0 fully saturated rings. The fourth-order valence-corrected chi connectivity index (χ4v) is 2.57. The molecule has 0 aliphatic carbocycles. The number of aromatic nitrogens is 3. The Morgan fingerprint density at radius 1 is 1.26 bits per heavy atom. The van der Waals surface area contributed by atoms with Gasteiger partial charge in [-0.1, -0.05) is 32.0 Å². The van der Waals surface area contributed by atoms with Crippen molar-refractivity contribution in [3.8, 4) is 0 Å². The molecule has 0 radical (unpaired) electrons. The van der Waals surface area contributed by atoms with Gasteiger partial charge in [0.05, 0.1) is 11.8 Å². The Morgan fingerprint density at radius 3 is 2.74 bits per heavy atom. The molecule has 98 valence electrons. The third kappa shape index (κ3) is 1.75. The summed E-state index contributed by atoms with van der Waals surface area (Å²) in [5.74, 6) is 0.423. The standard InChI is InChI=1S/C15H17N3O/c1-10(2)8-18-12-7-5-4-6-11(12)13-14(15(18)19)17(3)9-16-13/h4-7,9-10H,8H2,1-3H3. The summed E-state index contributed by atoms with van der Waals surface area (Å²) in [6.07, 6.45) is 1.71. The summed E-state index contributed by atoms with van der Waals surface area (Å²) in [7, 11) is 1.87. The van der Waals surface area contributed by atoms with Gasteiger partial charge in [-0.15, -0.1) is 0 Å². The molecular weight excluding hydrogens is 238 g/mol. The highest BCUT2D eigenvalue weighted by Crippen LogP contribution is 2.21. The van der Waals surface area contributed by atoms with Crippen LogP contribution in [0.1, 0.15) is 13.8 Å². The summed E-state index contributed by atoms with van der Waals surface area (Å²) >= 11 is 0. The van der Waals surface area contributed by atoms with E-state index in [9.17, 15) is 4.79 Å². The van der Waals surface area contributed by atoms with Crippen molar-refractivity contribution in [1.29, 1.82) is 0 Å². The Morgan fingerprint density at radius 2 is 2.00 bits per heavy atom. The highest BCUT2D eigenvalue weighted by Gasteiger charge is 2.14. The van der Waals surface area contributed by atoms with Crippen LogP contribution in [-0.4, -0.2) is 14.1 Å². The molecule has 3 rings (SSSR count). The third-order valence-electron chi connectivity index (χ3n) is 3.38. The van der Waals surface area contributed by atoms with E-state index in [1.165, 1.54) is 0 Å². The molecule has 4 heteroatoms. The Balaban J connectivity index is 2.53. The van der Waals surface area contributed by atoms with E-state index in [1.807, 2.05) is 35.9 Å². The van der Waals surface area contributed by atoms with Crippen LogP contribution in [0.5, 0.6) is 0 Å². The molecule has 0 spiro atoms. The Kier molecular flexibility index (Phi) is 2.66. The van der Waals surface area contributed by atoms with Gasteiger partial charge in [-0.25, -0.2) is 4.98 Å². The predicted octanol–water partition coefficient (Wildman–Crippen LogP) is 2.54. The second kappa shape index (κ2) is 4.23. The van der Waals surface area contributed by atoms with Crippen molar-refractivity contribution in [2.75, 3.05) is 0 Å². The molecule has 0 atom stereocenters. The second-order valence-corrected chi connectivity index (χ2v) is 5.38. The van der Waals surface area contributed by atoms with Gasteiger partial charge in [0.1, 0.15) is 11.0 Å². The molecule has 19 heavy (non-hydrogen) atoms. The fraction of sp³-hybridized carbons (Fsp3) is 0.333. The molecule has 0 unspecified atom stereocenters. The van der Waals surface area contributed by atoms with Crippen molar-refractivity contribution in [3.63, 3.8) is 0 Å². The fourth-order valence-electron chi connectivity index (χ4n) is 2.57. The topological polar surface area (TPSA) is 39.8 Å². The van der Waals surface area contributed by atoms with E-state index in [1.54, 1.807) is 10.9 Å². The zero-order valence-electron chi connectivity index (χ0n) is 11.4. The van der Waals surface area contributed by atoms with Gasteiger partial charge in [0.25, 0.3) is 5.56 Å². The van der Waals surface area contributed by atoms with E-state index in [2.05, 4.69) is 18.8 Å². The van der Waals surface area contributed by atoms with Crippen LogP contribution in [-0.2, 0) is 13.6 Å². The molecule has 0 saturated heterocycles. The van der Waals surface area contributed by atoms with E-state index in [0.717, 1.165) is 23.0 Å². The maximum atomic E-state index is 12.7. The number of hydrogen-bond acceptors (Lipinski definition) is 2. The molecule has 0 aliphatic rings.